The molecule has 1 aliphatic rings. The molecule has 1 heterocycles. The highest BCUT2D eigenvalue weighted by Gasteiger charge is 2.12. The van der Waals surface area contributed by atoms with E-state index in [0.717, 1.165) is 6.54 Å². The minimum absolute atomic E-state index is 0.643. The van der Waals surface area contributed by atoms with Crippen LogP contribution in [0.3, 0.4) is 0 Å². The number of hydrogen-bond acceptors (Lipinski definition) is 1. The van der Waals surface area contributed by atoms with Gasteiger partial charge in [-0.1, -0.05) is 26.0 Å². The fourth-order valence-electron chi connectivity index (χ4n) is 2.24. The van der Waals surface area contributed by atoms with Gasteiger partial charge in [0.2, 0.25) is 0 Å². The minimum atomic E-state index is 0.643. The van der Waals surface area contributed by atoms with Gasteiger partial charge in [-0.05, 0) is 42.4 Å². The summed E-state index contributed by atoms with van der Waals surface area (Å²) in [5.74, 6) is 0.643. The van der Waals surface area contributed by atoms with Crippen LogP contribution in [0.5, 0.6) is 0 Å². The molecule has 76 valence electrons. The molecule has 0 saturated carbocycles. The molecule has 0 radical (unpaired) electrons. The highest BCUT2D eigenvalue weighted by atomic mass is 14.9. The van der Waals surface area contributed by atoms with E-state index in [1.54, 1.807) is 5.56 Å². The molecule has 0 aromatic heterocycles. The van der Waals surface area contributed by atoms with Crippen molar-refractivity contribution in [3.63, 3.8) is 0 Å². The number of hydrogen-bond donors (Lipinski definition) is 1. The van der Waals surface area contributed by atoms with E-state index in [4.69, 9.17) is 0 Å². The molecule has 1 aromatic carbocycles. The molecule has 0 atom stereocenters. The monoisotopic (exact) mass is 189 g/mol. The van der Waals surface area contributed by atoms with Crippen LogP contribution in [0, 0.1) is 0 Å². The van der Waals surface area contributed by atoms with Crippen molar-refractivity contribution >= 4 is 5.69 Å². The number of rotatable bonds is 1. The minimum Gasteiger partial charge on any atom is -0.385 e. The standard InChI is InChI=1S/C13H19N/c1-10(2)11-7-5-8-13-12(11)6-3-4-9-14-13/h5,7-8,10,14H,3-4,6,9H2,1-2H3. The summed E-state index contributed by atoms with van der Waals surface area (Å²) in [5.41, 5.74) is 4.45. The van der Waals surface area contributed by atoms with Crippen molar-refractivity contribution in [2.45, 2.75) is 39.0 Å². The zero-order chi connectivity index (χ0) is 9.97. The van der Waals surface area contributed by atoms with Gasteiger partial charge in [-0.15, -0.1) is 0 Å². The Hall–Kier alpha value is -0.980. The maximum Gasteiger partial charge on any atom is 0.0375 e. The quantitative estimate of drug-likeness (QED) is 0.712. The third-order valence-corrected chi connectivity index (χ3v) is 3.00. The molecule has 1 aliphatic heterocycles. The Morgan fingerprint density at radius 1 is 1.21 bits per heavy atom. The zero-order valence-electron chi connectivity index (χ0n) is 9.14. The van der Waals surface area contributed by atoms with Crippen molar-refractivity contribution in [1.82, 2.24) is 0 Å². The summed E-state index contributed by atoms with van der Waals surface area (Å²) in [6.45, 7) is 5.69. The van der Waals surface area contributed by atoms with Gasteiger partial charge in [-0.3, -0.25) is 0 Å². The Balaban J connectivity index is 2.42. The average Bonchev–Trinajstić information content (AvgIpc) is 2.41. The van der Waals surface area contributed by atoms with Gasteiger partial charge in [0, 0.05) is 12.2 Å². The molecule has 0 aliphatic carbocycles. The largest absolute Gasteiger partial charge is 0.385 e. The molecular weight excluding hydrogens is 170 g/mol. The molecule has 0 fully saturated rings. The van der Waals surface area contributed by atoms with Crippen LogP contribution in [-0.2, 0) is 6.42 Å². The van der Waals surface area contributed by atoms with E-state index >= 15 is 0 Å². The van der Waals surface area contributed by atoms with Gasteiger partial charge in [-0.25, -0.2) is 0 Å². The van der Waals surface area contributed by atoms with Crippen molar-refractivity contribution in [2.75, 3.05) is 11.9 Å². The van der Waals surface area contributed by atoms with E-state index < -0.39 is 0 Å². The van der Waals surface area contributed by atoms with Crippen LogP contribution < -0.4 is 5.32 Å². The fourth-order valence-corrected chi connectivity index (χ4v) is 2.24. The Kier molecular flexibility index (Phi) is 2.76. The Labute approximate surface area is 86.5 Å². The van der Waals surface area contributed by atoms with Crippen molar-refractivity contribution in [1.29, 1.82) is 0 Å². The second-order valence-electron chi connectivity index (χ2n) is 4.41. The lowest BCUT2D eigenvalue weighted by atomic mass is 9.93. The van der Waals surface area contributed by atoms with E-state index in [9.17, 15) is 0 Å². The van der Waals surface area contributed by atoms with E-state index in [0.29, 0.717) is 5.92 Å². The van der Waals surface area contributed by atoms with Gasteiger partial charge in [0.05, 0.1) is 0 Å². The first-order valence-corrected chi connectivity index (χ1v) is 5.64. The summed E-state index contributed by atoms with van der Waals surface area (Å²) in [6.07, 6.45) is 3.87. The first kappa shape index (κ1) is 9.57. The van der Waals surface area contributed by atoms with Crippen molar-refractivity contribution < 1.29 is 0 Å². The molecule has 0 unspecified atom stereocenters. The summed E-state index contributed by atoms with van der Waals surface area (Å²) >= 11 is 0. The first-order valence-electron chi connectivity index (χ1n) is 5.64. The molecule has 14 heavy (non-hydrogen) atoms. The number of nitrogens with one attached hydrogen (secondary N) is 1. The van der Waals surface area contributed by atoms with Crippen molar-refractivity contribution in [3.05, 3.63) is 29.3 Å². The van der Waals surface area contributed by atoms with Crippen molar-refractivity contribution in [3.8, 4) is 0 Å². The van der Waals surface area contributed by atoms with Gasteiger partial charge < -0.3 is 5.32 Å². The molecule has 1 N–H and O–H groups in total. The van der Waals surface area contributed by atoms with Crippen LogP contribution in [0.2, 0.25) is 0 Å². The lowest BCUT2D eigenvalue weighted by molar-refractivity contribution is 0.768. The van der Waals surface area contributed by atoms with Crippen molar-refractivity contribution in [2.24, 2.45) is 0 Å². The van der Waals surface area contributed by atoms with Crippen LogP contribution in [0.4, 0.5) is 5.69 Å². The molecule has 0 spiro atoms. The van der Waals surface area contributed by atoms with Crippen LogP contribution in [-0.4, -0.2) is 6.54 Å². The second kappa shape index (κ2) is 4.04. The van der Waals surface area contributed by atoms with Crippen LogP contribution in [0.15, 0.2) is 18.2 Å². The third-order valence-electron chi connectivity index (χ3n) is 3.00. The zero-order valence-corrected chi connectivity index (χ0v) is 9.14. The predicted molar refractivity (Wildman–Crippen MR) is 62.0 cm³/mol. The summed E-state index contributed by atoms with van der Waals surface area (Å²) in [6, 6.07) is 6.66. The summed E-state index contributed by atoms with van der Waals surface area (Å²) < 4.78 is 0. The number of fused-ring (bicyclic) bond motifs is 1. The van der Waals surface area contributed by atoms with Gasteiger partial charge in [-0.2, -0.15) is 0 Å². The van der Waals surface area contributed by atoms with Gasteiger partial charge in [0.1, 0.15) is 0 Å². The summed E-state index contributed by atoms with van der Waals surface area (Å²) in [5, 5.41) is 3.52. The Morgan fingerprint density at radius 2 is 2.07 bits per heavy atom. The topological polar surface area (TPSA) is 12.0 Å². The molecule has 0 bridgehead atoms. The van der Waals surface area contributed by atoms with E-state index in [1.807, 2.05) is 0 Å². The second-order valence-corrected chi connectivity index (χ2v) is 4.41. The lowest BCUT2D eigenvalue weighted by Gasteiger charge is -2.15. The molecule has 1 heteroatoms. The molecule has 1 aromatic rings. The molecule has 2 rings (SSSR count). The molecule has 1 nitrogen and oxygen atoms in total. The molecular formula is C13H19N. The van der Waals surface area contributed by atoms with Gasteiger partial charge in [0.25, 0.3) is 0 Å². The highest BCUT2D eigenvalue weighted by molar-refractivity contribution is 5.56. The average molecular weight is 189 g/mol. The van der Waals surface area contributed by atoms with Gasteiger partial charge in [0.15, 0.2) is 0 Å². The molecule has 0 amide bonds. The van der Waals surface area contributed by atoms with Crippen LogP contribution in [0.25, 0.3) is 0 Å². The smallest absolute Gasteiger partial charge is 0.0375 e. The first-order chi connectivity index (χ1) is 6.79. The number of benzene rings is 1. The SMILES string of the molecule is CC(C)c1cccc2c1CCCCN2. The fraction of sp³-hybridized carbons (Fsp3) is 0.538. The van der Waals surface area contributed by atoms with Gasteiger partial charge >= 0.3 is 0 Å². The normalized spacial score (nSPS) is 15.9. The summed E-state index contributed by atoms with van der Waals surface area (Å²) in [7, 11) is 0. The lowest BCUT2D eigenvalue weighted by Crippen LogP contribution is -2.02. The van der Waals surface area contributed by atoms with E-state index in [2.05, 4.69) is 37.4 Å². The summed E-state index contributed by atoms with van der Waals surface area (Å²) in [4.78, 5) is 0. The maximum atomic E-state index is 3.52. The highest BCUT2D eigenvalue weighted by Crippen LogP contribution is 2.29. The van der Waals surface area contributed by atoms with Crippen LogP contribution in [0.1, 0.15) is 43.7 Å². The third kappa shape index (κ3) is 1.77. The van der Waals surface area contributed by atoms with E-state index in [1.165, 1.54) is 30.5 Å². The Bertz CT molecular complexity index is 315. The maximum absolute atomic E-state index is 3.52. The van der Waals surface area contributed by atoms with E-state index in [-0.39, 0.29) is 0 Å². The van der Waals surface area contributed by atoms with Crippen LogP contribution >= 0.6 is 0 Å². The predicted octanol–water partition coefficient (Wildman–Crippen LogP) is 3.56. The Morgan fingerprint density at radius 3 is 2.86 bits per heavy atom. The number of anilines is 1. The molecule has 0 saturated heterocycles.